The lowest BCUT2D eigenvalue weighted by atomic mass is 10.1. The molecule has 0 saturated heterocycles. The molecule has 0 spiro atoms. The van der Waals surface area contributed by atoms with Gasteiger partial charge in [0.05, 0.1) is 11.7 Å². The van der Waals surface area contributed by atoms with Gasteiger partial charge in [-0.15, -0.1) is 0 Å². The van der Waals surface area contributed by atoms with Crippen LogP contribution in [0.15, 0.2) is 42.6 Å². The normalized spacial score (nSPS) is 11.8. The molecular formula is C17H21N3O. The fourth-order valence-electron chi connectivity index (χ4n) is 2.25. The minimum atomic E-state index is -0.211. The molecule has 0 bridgehead atoms. The Morgan fingerprint density at radius 2 is 2.05 bits per heavy atom. The van der Waals surface area contributed by atoms with Gasteiger partial charge in [-0.25, -0.2) is 4.79 Å². The quantitative estimate of drug-likeness (QED) is 0.895. The maximum absolute atomic E-state index is 12.2. The molecule has 0 aliphatic carbocycles. The Labute approximate surface area is 125 Å². The third-order valence-electron chi connectivity index (χ3n) is 3.46. The van der Waals surface area contributed by atoms with Crippen molar-refractivity contribution in [1.29, 1.82) is 0 Å². The first-order chi connectivity index (χ1) is 10.1. The minimum absolute atomic E-state index is 0.139. The Hall–Kier alpha value is -2.36. The summed E-state index contributed by atoms with van der Waals surface area (Å²) in [6.07, 6.45) is 2.61. The van der Waals surface area contributed by atoms with E-state index in [0.29, 0.717) is 0 Å². The van der Waals surface area contributed by atoms with Gasteiger partial charge in [0.15, 0.2) is 0 Å². The maximum atomic E-state index is 12.2. The molecule has 2 amide bonds. The van der Waals surface area contributed by atoms with Crippen LogP contribution in [0.2, 0.25) is 0 Å². The number of nitrogens with one attached hydrogen (secondary N) is 2. The molecule has 0 unspecified atom stereocenters. The number of nitrogens with zero attached hydrogens (tertiary/aromatic N) is 1. The van der Waals surface area contributed by atoms with Gasteiger partial charge in [-0.1, -0.05) is 31.2 Å². The Morgan fingerprint density at radius 1 is 1.24 bits per heavy atom. The SMILES string of the molecule is CCc1cccc(C)c1NC(=O)N[C@H](C)c1ccccn1. The first-order valence-corrected chi connectivity index (χ1v) is 7.18. The van der Waals surface area contributed by atoms with Crippen molar-refractivity contribution in [2.75, 3.05) is 5.32 Å². The number of aryl methyl sites for hydroxylation is 2. The molecule has 2 rings (SSSR count). The van der Waals surface area contributed by atoms with Crippen LogP contribution in [0, 0.1) is 6.92 Å². The van der Waals surface area contributed by atoms with E-state index in [1.165, 1.54) is 0 Å². The average Bonchev–Trinajstić information content (AvgIpc) is 2.50. The predicted octanol–water partition coefficient (Wildman–Crippen LogP) is 3.84. The number of pyridine rings is 1. The van der Waals surface area contributed by atoms with E-state index in [-0.39, 0.29) is 12.1 Å². The molecule has 21 heavy (non-hydrogen) atoms. The van der Waals surface area contributed by atoms with Crippen LogP contribution in [-0.4, -0.2) is 11.0 Å². The van der Waals surface area contributed by atoms with Gasteiger partial charge < -0.3 is 10.6 Å². The molecule has 1 aromatic heterocycles. The summed E-state index contributed by atoms with van der Waals surface area (Å²) < 4.78 is 0. The number of aromatic nitrogens is 1. The van der Waals surface area contributed by atoms with Crippen molar-refractivity contribution in [2.45, 2.75) is 33.2 Å². The van der Waals surface area contributed by atoms with Gasteiger partial charge in [-0.3, -0.25) is 4.98 Å². The van der Waals surface area contributed by atoms with Crippen molar-refractivity contribution in [1.82, 2.24) is 10.3 Å². The van der Waals surface area contributed by atoms with Crippen LogP contribution in [0.3, 0.4) is 0 Å². The smallest absolute Gasteiger partial charge is 0.319 e. The Bertz CT molecular complexity index is 611. The Balaban J connectivity index is 2.06. The molecule has 0 aliphatic rings. The van der Waals surface area contributed by atoms with Crippen LogP contribution in [0.4, 0.5) is 10.5 Å². The summed E-state index contributed by atoms with van der Waals surface area (Å²) >= 11 is 0. The van der Waals surface area contributed by atoms with Crippen LogP contribution in [0.1, 0.15) is 36.7 Å². The molecule has 2 N–H and O–H groups in total. The summed E-state index contributed by atoms with van der Waals surface area (Å²) in [6, 6.07) is 11.4. The standard InChI is InChI=1S/C17H21N3O/c1-4-14-9-7-8-12(2)16(14)20-17(21)19-13(3)15-10-5-6-11-18-15/h5-11,13H,4H2,1-3H3,(H2,19,20,21)/t13-/m1/s1. The zero-order valence-electron chi connectivity index (χ0n) is 12.7. The number of anilines is 1. The van der Waals surface area contributed by atoms with E-state index < -0.39 is 0 Å². The first kappa shape index (κ1) is 15.0. The van der Waals surface area contributed by atoms with Crippen molar-refractivity contribution >= 4 is 11.7 Å². The lowest BCUT2D eigenvalue weighted by Crippen LogP contribution is -2.32. The van der Waals surface area contributed by atoms with Crippen LogP contribution in [0.5, 0.6) is 0 Å². The van der Waals surface area contributed by atoms with Gasteiger partial charge in [0.1, 0.15) is 0 Å². The number of carbonyl (C=O) groups is 1. The predicted molar refractivity (Wildman–Crippen MR) is 85.4 cm³/mol. The van der Waals surface area contributed by atoms with Crippen LogP contribution < -0.4 is 10.6 Å². The third kappa shape index (κ3) is 3.81. The molecule has 1 atom stereocenters. The lowest BCUT2D eigenvalue weighted by Gasteiger charge is -2.17. The fraction of sp³-hybridized carbons (Fsp3) is 0.294. The second-order valence-corrected chi connectivity index (χ2v) is 5.04. The third-order valence-corrected chi connectivity index (χ3v) is 3.46. The van der Waals surface area contributed by atoms with Crippen molar-refractivity contribution < 1.29 is 4.79 Å². The minimum Gasteiger partial charge on any atom is -0.330 e. The van der Waals surface area contributed by atoms with E-state index in [0.717, 1.165) is 28.9 Å². The van der Waals surface area contributed by atoms with Crippen molar-refractivity contribution in [3.63, 3.8) is 0 Å². The highest BCUT2D eigenvalue weighted by atomic mass is 16.2. The number of rotatable bonds is 4. The molecule has 4 heteroatoms. The van der Waals surface area contributed by atoms with Gasteiger partial charge in [0, 0.05) is 11.9 Å². The molecule has 2 aromatic rings. The van der Waals surface area contributed by atoms with E-state index in [1.807, 2.05) is 50.2 Å². The van der Waals surface area contributed by atoms with Crippen LogP contribution in [0.25, 0.3) is 0 Å². The van der Waals surface area contributed by atoms with Crippen molar-refractivity contribution in [2.24, 2.45) is 0 Å². The first-order valence-electron chi connectivity index (χ1n) is 7.18. The second kappa shape index (κ2) is 6.88. The maximum Gasteiger partial charge on any atom is 0.319 e. The average molecular weight is 283 g/mol. The second-order valence-electron chi connectivity index (χ2n) is 5.04. The molecule has 0 saturated carbocycles. The van der Waals surface area contributed by atoms with Gasteiger partial charge in [0.25, 0.3) is 0 Å². The van der Waals surface area contributed by atoms with Gasteiger partial charge in [-0.05, 0) is 43.5 Å². The van der Waals surface area contributed by atoms with Crippen molar-refractivity contribution in [3.8, 4) is 0 Å². The highest BCUT2D eigenvalue weighted by Crippen LogP contribution is 2.21. The summed E-state index contributed by atoms with van der Waals surface area (Å²) in [5.41, 5.74) is 3.93. The topological polar surface area (TPSA) is 54.0 Å². The summed E-state index contributed by atoms with van der Waals surface area (Å²) in [5.74, 6) is 0. The summed E-state index contributed by atoms with van der Waals surface area (Å²) in [7, 11) is 0. The number of carbonyl (C=O) groups excluding carboxylic acids is 1. The summed E-state index contributed by atoms with van der Waals surface area (Å²) in [6.45, 7) is 5.99. The van der Waals surface area contributed by atoms with Gasteiger partial charge >= 0.3 is 6.03 Å². The number of hydrogen-bond donors (Lipinski definition) is 2. The van der Waals surface area contributed by atoms with Crippen LogP contribution in [-0.2, 0) is 6.42 Å². The lowest BCUT2D eigenvalue weighted by molar-refractivity contribution is 0.249. The van der Waals surface area contributed by atoms with Gasteiger partial charge in [-0.2, -0.15) is 0 Å². The van der Waals surface area contributed by atoms with Gasteiger partial charge in [0.2, 0.25) is 0 Å². The number of urea groups is 1. The number of hydrogen-bond acceptors (Lipinski definition) is 2. The van der Waals surface area contributed by atoms with Crippen molar-refractivity contribution in [3.05, 3.63) is 59.4 Å². The zero-order chi connectivity index (χ0) is 15.2. The highest BCUT2D eigenvalue weighted by Gasteiger charge is 2.12. The Morgan fingerprint density at radius 3 is 2.71 bits per heavy atom. The van der Waals surface area contributed by atoms with E-state index >= 15 is 0 Å². The molecule has 0 radical (unpaired) electrons. The van der Waals surface area contributed by atoms with E-state index in [9.17, 15) is 4.79 Å². The van der Waals surface area contributed by atoms with E-state index in [2.05, 4.69) is 22.5 Å². The molecule has 1 aromatic carbocycles. The molecular weight excluding hydrogens is 262 g/mol. The fourth-order valence-corrected chi connectivity index (χ4v) is 2.25. The number of amides is 2. The van der Waals surface area contributed by atoms with E-state index in [4.69, 9.17) is 0 Å². The molecule has 0 fully saturated rings. The molecule has 1 heterocycles. The van der Waals surface area contributed by atoms with E-state index in [1.54, 1.807) is 6.20 Å². The number of para-hydroxylation sites is 1. The molecule has 0 aliphatic heterocycles. The highest BCUT2D eigenvalue weighted by molar-refractivity contribution is 5.91. The summed E-state index contributed by atoms with van der Waals surface area (Å²) in [4.78, 5) is 16.4. The monoisotopic (exact) mass is 283 g/mol. The number of benzene rings is 1. The zero-order valence-corrected chi connectivity index (χ0v) is 12.7. The molecule has 110 valence electrons. The molecule has 4 nitrogen and oxygen atoms in total. The Kier molecular flexibility index (Phi) is 4.93. The van der Waals surface area contributed by atoms with Crippen LogP contribution >= 0.6 is 0 Å². The summed E-state index contributed by atoms with van der Waals surface area (Å²) in [5, 5.41) is 5.86. The largest absolute Gasteiger partial charge is 0.330 e.